The van der Waals surface area contributed by atoms with Gasteiger partial charge in [-0.1, -0.05) is 6.92 Å². The highest BCUT2D eigenvalue weighted by molar-refractivity contribution is 5.57. The third-order valence-corrected chi connectivity index (χ3v) is 1.72. The standard InChI is InChI=1S/C7H13NO2/c1-2-6-4-10-5-7(3-9)8-6/h3,6-8H,2,4-5H2,1H3. The summed E-state index contributed by atoms with van der Waals surface area (Å²) in [4.78, 5) is 10.3. The van der Waals surface area contributed by atoms with Gasteiger partial charge in [0.05, 0.1) is 19.3 Å². The van der Waals surface area contributed by atoms with Gasteiger partial charge < -0.3 is 14.8 Å². The first-order valence-corrected chi connectivity index (χ1v) is 3.66. The molecule has 3 heteroatoms. The first-order valence-electron chi connectivity index (χ1n) is 3.66. The second-order valence-electron chi connectivity index (χ2n) is 2.55. The van der Waals surface area contributed by atoms with Gasteiger partial charge in [0.15, 0.2) is 0 Å². The van der Waals surface area contributed by atoms with Crippen molar-refractivity contribution in [2.75, 3.05) is 13.2 Å². The molecule has 1 fully saturated rings. The van der Waals surface area contributed by atoms with E-state index in [1.807, 2.05) is 0 Å². The molecule has 1 aliphatic rings. The van der Waals surface area contributed by atoms with E-state index in [2.05, 4.69) is 12.2 Å². The fraction of sp³-hybridized carbons (Fsp3) is 0.857. The average molecular weight is 143 g/mol. The topological polar surface area (TPSA) is 38.3 Å². The molecule has 10 heavy (non-hydrogen) atoms. The second kappa shape index (κ2) is 3.68. The summed E-state index contributed by atoms with van der Waals surface area (Å²) in [6.07, 6.45) is 1.92. The van der Waals surface area contributed by atoms with Crippen molar-refractivity contribution in [3.63, 3.8) is 0 Å². The van der Waals surface area contributed by atoms with Crippen LogP contribution in [-0.2, 0) is 9.53 Å². The highest BCUT2D eigenvalue weighted by atomic mass is 16.5. The Labute approximate surface area is 60.7 Å². The molecule has 3 nitrogen and oxygen atoms in total. The van der Waals surface area contributed by atoms with Crippen LogP contribution in [0.5, 0.6) is 0 Å². The predicted molar refractivity (Wildman–Crippen MR) is 37.9 cm³/mol. The molecule has 0 aromatic carbocycles. The lowest BCUT2D eigenvalue weighted by Crippen LogP contribution is -2.49. The Bertz CT molecular complexity index is 116. The van der Waals surface area contributed by atoms with Crippen LogP contribution in [0.2, 0.25) is 0 Å². The molecular weight excluding hydrogens is 130 g/mol. The van der Waals surface area contributed by atoms with Gasteiger partial charge in [-0.25, -0.2) is 0 Å². The summed E-state index contributed by atoms with van der Waals surface area (Å²) in [6.45, 7) is 3.34. The number of carbonyl (C=O) groups is 1. The number of hydrogen-bond donors (Lipinski definition) is 1. The van der Waals surface area contributed by atoms with Crippen molar-refractivity contribution in [1.82, 2.24) is 5.32 Å². The van der Waals surface area contributed by atoms with E-state index in [-0.39, 0.29) is 6.04 Å². The van der Waals surface area contributed by atoms with Crippen LogP contribution in [0, 0.1) is 0 Å². The van der Waals surface area contributed by atoms with Crippen molar-refractivity contribution >= 4 is 6.29 Å². The molecule has 1 rings (SSSR count). The van der Waals surface area contributed by atoms with E-state index >= 15 is 0 Å². The summed E-state index contributed by atoms with van der Waals surface area (Å²) in [7, 11) is 0. The molecule has 0 amide bonds. The highest BCUT2D eigenvalue weighted by Gasteiger charge is 2.18. The van der Waals surface area contributed by atoms with Crippen molar-refractivity contribution in [2.24, 2.45) is 0 Å². The summed E-state index contributed by atoms with van der Waals surface area (Å²) in [5.74, 6) is 0. The van der Waals surface area contributed by atoms with Crippen molar-refractivity contribution in [2.45, 2.75) is 25.4 Å². The van der Waals surface area contributed by atoms with Crippen LogP contribution in [-0.4, -0.2) is 31.6 Å². The Hall–Kier alpha value is -0.410. The van der Waals surface area contributed by atoms with Crippen LogP contribution >= 0.6 is 0 Å². The van der Waals surface area contributed by atoms with E-state index in [0.29, 0.717) is 12.6 Å². The Morgan fingerprint density at radius 1 is 1.70 bits per heavy atom. The zero-order valence-electron chi connectivity index (χ0n) is 6.17. The molecule has 0 spiro atoms. The number of ether oxygens (including phenoxy) is 1. The molecule has 0 aromatic rings. The summed E-state index contributed by atoms with van der Waals surface area (Å²) >= 11 is 0. The molecule has 1 aliphatic heterocycles. The van der Waals surface area contributed by atoms with E-state index in [0.717, 1.165) is 19.3 Å². The molecule has 1 N–H and O–H groups in total. The number of hydrogen-bond acceptors (Lipinski definition) is 3. The number of morpholine rings is 1. The maximum absolute atomic E-state index is 10.3. The minimum atomic E-state index is -0.0845. The molecule has 0 radical (unpaired) electrons. The van der Waals surface area contributed by atoms with Crippen LogP contribution in [0.4, 0.5) is 0 Å². The second-order valence-corrected chi connectivity index (χ2v) is 2.55. The minimum absolute atomic E-state index is 0.0845. The maximum Gasteiger partial charge on any atom is 0.139 e. The van der Waals surface area contributed by atoms with Crippen molar-refractivity contribution in [3.8, 4) is 0 Å². The van der Waals surface area contributed by atoms with Crippen LogP contribution in [0.1, 0.15) is 13.3 Å². The van der Waals surface area contributed by atoms with Crippen LogP contribution in [0.15, 0.2) is 0 Å². The molecule has 2 unspecified atom stereocenters. The number of aldehydes is 1. The molecule has 0 saturated carbocycles. The molecule has 58 valence electrons. The number of carbonyl (C=O) groups excluding carboxylic acids is 1. The largest absolute Gasteiger partial charge is 0.378 e. The Balaban J connectivity index is 2.31. The molecular formula is C7H13NO2. The van der Waals surface area contributed by atoms with Crippen molar-refractivity contribution in [1.29, 1.82) is 0 Å². The van der Waals surface area contributed by atoms with Gasteiger partial charge in [0.25, 0.3) is 0 Å². The fourth-order valence-electron chi connectivity index (χ4n) is 1.05. The van der Waals surface area contributed by atoms with Gasteiger partial charge in [-0.2, -0.15) is 0 Å². The molecule has 0 bridgehead atoms. The first-order chi connectivity index (χ1) is 4.86. The predicted octanol–water partition coefficient (Wildman–Crippen LogP) is -0.0477. The summed E-state index contributed by atoms with van der Waals surface area (Å²) in [6, 6.07) is 0.280. The molecule has 0 aromatic heterocycles. The molecule has 2 atom stereocenters. The van der Waals surface area contributed by atoms with Gasteiger partial charge >= 0.3 is 0 Å². The zero-order chi connectivity index (χ0) is 7.40. The smallest absolute Gasteiger partial charge is 0.139 e. The lowest BCUT2D eigenvalue weighted by Gasteiger charge is -2.26. The lowest BCUT2D eigenvalue weighted by molar-refractivity contribution is -0.112. The van der Waals surface area contributed by atoms with Gasteiger partial charge in [0, 0.05) is 6.04 Å². The lowest BCUT2D eigenvalue weighted by atomic mass is 10.2. The van der Waals surface area contributed by atoms with E-state index in [4.69, 9.17) is 4.74 Å². The van der Waals surface area contributed by atoms with E-state index in [9.17, 15) is 4.79 Å². The normalized spacial score (nSPS) is 33.7. The van der Waals surface area contributed by atoms with Crippen LogP contribution < -0.4 is 5.32 Å². The van der Waals surface area contributed by atoms with Gasteiger partial charge in [-0.05, 0) is 6.42 Å². The van der Waals surface area contributed by atoms with E-state index in [1.165, 1.54) is 0 Å². The van der Waals surface area contributed by atoms with Gasteiger partial charge in [0.2, 0.25) is 0 Å². The van der Waals surface area contributed by atoms with Gasteiger partial charge in [-0.3, -0.25) is 0 Å². The van der Waals surface area contributed by atoms with Gasteiger partial charge in [0.1, 0.15) is 6.29 Å². The third-order valence-electron chi connectivity index (χ3n) is 1.72. The summed E-state index contributed by atoms with van der Waals surface area (Å²) in [5.41, 5.74) is 0. The highest BCUT2D eigenvalue weighted by Crippen LogP contribution is 2.00. The summed E-state index contributed by atoms with van der Waals surface area (Å²) in [5, 5.41) is 3.16. The SMILES string of the molecule is CCC1COCC(C=O)N1. The average Bonchev–Trinajstić information content (AvgIpc) is 2.05. The maximum atomic E-state index is 10.3. The molecule has 0 aliphatic carbocycles. The quantitative estimate of drug-likeness (QED) is 0.551. The van der Waals surface area contributed by atoms with Crippen molar-refractivity contribution < 1.29 is 9.53 Å². The fourth-order valence-corrected chi connectivity index (χ4v) is 1.05. The zero-order valence-corrected chi connectivity index (χ0v) is 6.17. The molecule has 1 saturated heterocycles. The first kappa shape index (κ1) is 7.69. The Kier molecular flexibility index (Phi) is 2.83. The third kappa shape index (κ3) is 1.78. The van der Waals surface area contributed by atoms with Crippen molar-refractivity contribution in [3.05, 3.63) is 0 Å². The van der Waals surface area contributed by atoms with E-state index < -0.39 is 0 Å². The number of rotatable bonds is 2. The summed E-state index contributed by atoms with van der Waals surface area (Å²) < 4.78 is 5.18. The monoisotopic (exact) mass is 143 g/mol. The van der Waals surface area contributed by atoms with Crippen LogP contribution in [0.25, 0.3) is 0 Å². The Morgan fingerprint density at radius 2 is 2.50 bits per heavy atom. The van der Waals surface area contributed by atoms with Gasteiger partial charge in [-0.15, -0.1) is 0 Å². The Morgan fingerprint density at radius 3 is 3.10 bits per heavy atom. The number of nitrogens with one attached hydrogen (secondary N) is 1. The molecule has 1 heterocycles. The van der Waals surface area contributed by atoms with E-state index in [1.54, 1.807) is 0 Å². The van der Waals surface area contributed by atoms with Crippen LogP contribution in [0.3, 0.4) is 0 Å². The minimum Gasteiger partial charge on any atom is -0.378 e.